The minimum Gasteiger partial charge on any atom is -0.481 e. The first-order valence-electron chi connectivity index (χ1n) is 10.4. The molecule has 2 atom stereocenters. The van der Waals surface area contributed by atoms with Crippen LogP contribution < -0.4 is 4.74 Å². The molecular formula is C22H32N2O4. The molecule has 0 bridgehead atoms. The van der Waals surface area contributed by atoms with Crippen LogP contribution in [0.5, 0.6) is 5.75 Å². The first-order chi connectivity index (χ1) is 13.5. The summed E-state index contributed by atoms with van der Waals surface area (Å²) in [6.45, 7) is 9.17. The Morgan fingerprint density at radius 1 is 1.00 bits per heavy atom. The minimum atomic E-state index is -0.551. The number of nitrogens with zero attached hydrogens (tertiary/aromatic N) is 2. The summed E-state index contributed by atoms with van der Waals surface area (Å²) in [6.07, 6.45) is 1.68. The Morgan fingerprint density at radius 2 is 1.68 bits per heavy atom. The van der Waals surface area contributed by atoms with Crippen molar-refractivity contribution in [2.75, 3.05) is 32.8 Å². The lowest BCUT2D eigenvalue weighted by Gasteiger charge is -2.26. The van der Waals surface area contributed by atoms with E-state index >= 15 is 0 Å². The highest BCUT2D eigenvalue weighted by Crippen LogP contribution is 2.20. The molecule has 0 spiro atoms. The summed E-state index contributed by atoms with van der Waals surface area (Å²) in [6, 6.07) is 7.92. The largest absolute Gasteiger partial charge is 0.481 e. The molecule has 1 aromatic rings. The Hall–Kier alpha value is -2.08. The predicted molar refractivity (Wildman–Crippen MR) is 107 cm³/mol. The molecule has 0 saturated carbocycles. The van der Waals surface area contributed by atoms with Crippen LogP contribution in [-0.2, 0) is 14.3 Å². The fourth-order valence-electron chi connectivity index (χ4n) is 3.78. The van der Waals surface area contributed by atoms with E-state index in [-0.39, 0.29) is 17.9 Å². The molecule has 0 aliphatic carbocycles. The number of carbonyl (C=O) groups excluding carboxylic acids is 2. The molecule has 154 valence electrons. The molecule has 0 N–H and O–H groups in total. The quantitative estimate of drug-likeness (QED) is 0.778. The number of hydrogen-bond donors (Lipinski definition) is 0. The summed E-state index contributed by atoms with van der Waals surface area (Å²) in [4.78, 5) is 29.1. The van der Waals surface area contributed by atoms with Gasteiger partial charge < -0.3 is 19.3 Å². The Morgan fingerprint density at radius 3 is 2.32 bits per heavy atom. The zero-order valence-electron chi connectivity index (χ0n) is 17.2. The van der Waals surface area contributed by atoms with Gasteiger partial charge in [0.1, 0.15) is 11.9 Å². The summed E-state index contributed by atoms with van der Waals surface area (Å²) in [5, 5.41) is 0. The topological polar surface area (TPSA) is 59.1 Å². The zero-order valence-corrected chi connectivity index (χ0v) is 17.2. The molecule has 2 aliphatic heterocycles. The van der Waals surface area contributed by atoms with Crippen LogP contribution in [0.3, 0.4) is 0 Å². The third kappa shape index (κ3) is 5.04. The van der Waals surface area contributed by atoms with Crippen molar-refractivity contribution in [2.45, 2.75) is 58.2 Å². The Labute approximate surface area is 167 Å². The number of hydrogen-bond acceptors (Lipinski definition) is 4. The van der Waals surface area contributed by atoms with Crippen LogP contribution in [0.1, 0.15) is 51.5 Å². The summed E-state index contributed by atoms with van der Waals surface area (Å²) < 4.78 is 11.4. The van der Waals surface area contributed by atoms with Crippen LogP contribution in [0.2, 0.25) is 0 Å². The van der Waals surface area contributed by atoms with Gasteiger partial charge >= 0.3 is 0 Å². The average molecular weight is 389 g/mol. The van der Waals surface area contributed by atoms with E-state index in [1.807, 2.05) is 34.1 Å². The predicted octanol–water partition coefficient (Wildman–Crippen LogP) is 2.82. The molecular weight excluding hydrogens is 356 g/mol. The normalized spacial score (nSPS) is 21.5. The lowest BCUT2D eigenvalue weighted by Crippen LogP contribution is -2.44. The average Bonchev–Trinajstić information content (AvgIpc) is 3.12. The van der Waals surface area contributed by atoms with E-state index < -0.39 is 6.10 Å². The Balaban J connectivity index is 1.52. The van der Waals surface area contributed by atoms with Crippen molar-refractivity contribution >= 4 is 11.8 Å². The number of carbonyl (C=O) groups is 2. The molecule has 2 saturated heterocycles. The van der Waals surface area contributed by atoms with E-state index in [0.717, 1.165) is 19.3 Å². The third-order valence-electron chi connectivity index (χ3n) is 5.53. The highest BCUT2D eigenvalue weighted by Gasteiger charge is 2.31. The van der Waals surface area contributed by atoms with Gasteiger partial charge in [0.25, 0.3) is 11.8 Å². The maximum atomic E-state index is 12.8. The number of benzene rings is 1. The summed E-state index contributed by atoms with van der Waals surface area (Å²) in [5.41, 5.74) is 1.25. The van der Waals surface area contributed by atoms with Gasteiger partial charge in [-0.3, -0.25) is 9.59 Å². The van der Waals surface area contributed by atoms with E-state index in [1.54, 1.807) is 6.92 Å². The molecule has 0 radical (unpaired) electrons. The highest BCUT2D eigenvalue weighted by atomic mass is 16.5. The van der Waals surface area contributed by atoms with E-state index in [0.29, 0.717) is 44.5 Å². The van der Waals surface area contributed by atoms with Gasteiger partial charge in [-0.1, -0.05) is 26.0 Å². The van der Waals surface area contributed by atoms with Crippen LogP contribution >= 0.6 is 0 Å². The summed E-state index contributed by atoms with van der Waals surface area (Å²) in [7, 11) is 0. The molecule has 2 amide bonds. The first-order valence-corrected chi connectivity index (χ1v) is 10.4. The standard InChI is InChI=1S/C22H32N2O4/c1-16(2)18-7-9-19(10-8-18)28-17(3)21(25)23-11-5-12-24(14-13-23)22(26)20-6-4-15-27-20/h7-10,16-17,20H,4-6,11-15H2,1-3H3. The fraction of sp³-hybridized carbons (Fsp3) is 0.636. The van der Waals surface area contributed by atoms with Crippen molar-refractivity contribution in [1.82, 2.24) is 9.80 Å². The number of ether oxygens (including phenoxy) is 2. The second-order valence-electron chi connectivity index (χ2n) is 7.99. The first kappa shape index (κ1) is 20.6. The summed E-state index contributed by atoms with van der Waals surface area (Å²) >= 11 is 0. The second-order valence-corrected chi connectivity index (χ2v) is 7.99. The van der Waals surface area contributed by atoms with Gasteiger partial charge in [0.2, 0.25) is 0 Å². The molecule has 2 aliphatic rings. The van der Waals surface area contributed by atoms with Gasteiger partial charge in [-0.05, 0) is 49.8 Å². The maximum Gasteiger partial charge on any atom is 0.263 e. The molecule has 3 rings (SSSR count). The van der Waals surface area contributed by atoms with Crippen molar-refractivity contribution in [3.8, 4) is 5.75 Å². The van der Waals surface area contributed by atoms with Crippen LogP contribution in [0, 0.1) is 0 Å². The monoisotopic (exact) mass is 388 g/mol. The van der Waals surface area contributed by atoms with Crippen molar-refractivity contribution in [2.24, 2.45) is 0 Å². The van der Waals surface area contributed by atoms with E-state index in [1.165, 1.54) is 5.56 Å². The van der Waals surface area contributed by atoms with E-state index in [4.69, 9.17) is 9.47 Å². The van der Waals surface area contributed by atoms with Gasteiger partial charge in [-0.15, -0.1) is 0 Å². The SMILES string of the molecule is CC(Oc1ccc(C(C)C)cc1)C(=O)N1CCCN(C(=O)C2CCCO2)CC1. The van der Waals surface area contributed by atoms with Crippen molar-refractivity contribution in [1.29, 1.82) is 0 Å². The maximum absolute atomic E-state index is 12.8. The molecule has 2 fully saturated rings. The van der Waals surface area contributed by atoms with Crippen molar-refractivity contribution in [3.05, 3.63) is 29.8 Å². The third-order valence-corrected chi connectivity index (χ3v) is 5.53. The number of rotatable bonds is 5. The molecule has 2 unspecified atom stereocenters. The van der Waals surface area contributed by atoms with Gasteiger partial charge in [0.15, 0.2) is 6.10 Å². The van der Waals surface area contributed by atoms with Gasteiger partial charge in [0, 0.05) is 32.8 Å². The molecule has 6 nitrogen and oxygen atoms in total. The van der Waals surface area contributed by atoms with Crippen molar-refractivity contribution in [3.63, 3.8) is 0 Å². The minimum absolute atomic E-state index is 0.0284. The van der Waals surface area contributed by atoms with Gasteiger partial charge in [-0.2, -0.15) is 0 Å². The lowest BCUT2D eigenvalue weighted by atomic mass is 10.0. The summed E-state index contributed by atoms with van der Waals surface area (Å²) in [5.74, 6) is 1.21. The molecule has 1 aromatic carbocycles. The molecule has 28 heavy (non-hydrogen) atoms. The lowest BCUT2D eigenvalue weighted by molar-refractivity contribution is -0.142. The van der Waals surface area contributed by atoms with Crippen LogP contribution in [0.25, 0.3) is 0 Å². The zero-order chi connectivity index (χ0) is 20.1. The highest BCUT2D eigenvalue weighted by molar-refractivity contribution is 5.82. The fourth-order valence-corrected chi connectivity index (χ4v) is 3.78. The molecule has 6 heteroatoms. The van der Waals surface area contributed by atoms with Crippen molar-refractivity contribution < 1.29 is 19.1 Å². The molecule has 0 aromatic heterocycles. The Kier molecular flexibility index (Phi) is 6.94. The molecule has 2 heterocycles. The van der Waals surface area contributed by atoms with E-state index in [2.05, 4.69) is 13.8 Å². The number of amides is 2. The smallest absolute Gasteiger partial charge is 0.263 e. The van der Waals surface area contributed by atoms with E-state index in [9.17, 15) is 9.59 Å². The van der Waals surface area contributed by atoms with Crippen LogP contribution in [-0.4, -0.2) is 66.6 Å². The van der Waals surface area contributed by atoms with Gasteiger partial charge in [-0.25, -0.2) is 0 Å². The van der Waals surface area contributed by atoms with Crippen LogP contribution in [0.15, 0.2) is 24.3 Å². The van der Waals surface area contributed by atoms with Crippen LogP contribution in [0.4, 0.5) is 0 Å². The Bertz CT molecular complexity index is 668. The van der Waals surface area contributed by atoms with Gasteiger partial charge in [0.05, 0.1) is 0 Å². The second kappa shape index (κ2) is 9.41.